The summed E-state index contributed by atoms with van der Waals surface area (Å²) in [5.41, 5.74) is 5.54. The van der Waals surface area contributed by atoms with Crippen LogP contribution in [0, 0.1) is 0 Å². The molecule has 0 radical (unpaired) electrons. The molecule has 11 nitrogen and oxygen atoms in total. The van der Waals surface area contributed by atoms with Gasteiger partial charge < -0.3 is 40.1 Å². The number of carboxylic acids is 1. The zero-order chi connectivity index (χ0) is 24.6. The number of carbonyl (C=O) groups is 2. The van der Waals surface area contributed by atoms with Crippen molar-refractivity contribution in [3.05, 3.63) is 23.3 Å². The van der Waals surface area contributed by atoms with Crippen molar-refractivity contribution in [3.63, 3.8) is 0 Å². The van der Waals surface area contributed by atoms with Crippen LogP contribution < -0.4 is 20.4 Å². The summed E-state index contributed by atoms with van der Waals surface area (Å²) in [6.45, 7) is 1.19. The van der Waals surface area contributed by atoms with Crippen molar-refractivity contribution in [1.82, 2.24) is 10.2 Å². The molecule has 0 aromatic heterocycles. The Labute approximate surface area is 193 Å². The average molecular weight is 466 g/mol. The van der Waals surface area contributed by atoms with Gasteiger partial charge in [-0.1, -0.05) is 12.4 Å². The Bertz CT molecular complexity index is 911. The van der Waals surface area contributed by atoms with Crippen LogP contribution in [0.4, 0.5) is 0 Å². The maximum atomic E-state index is 12.5. The Morgan fingerprint density at radius 2 is 2.00 bits per heavy atom. The van der Waals surface area contributed by atoms with E-state index in [1.54, 1.807) is 19.1 Å². The second kappa shape index (κ2) is 9.11. The fraction of sp³-hybridized carbons (Fsp3) is 0.619. The predicted molar refractivity (Wildman–Crippen MR) is 122 cm³/mol. The molecular formula is C21H35BN4O7. The summed E-state index contributed by atoms with van der Waals surface area (Å²) in [4.78, 5) is 26.3. The van der Waals surface area contributed by atoms with E-state index in [2.05, 4.69) is 5.32 Å². The van der Waals surface area contributed by atoms with E-state index >= 15 is 0 Å². The standard InChI is InChI=1S/C21H35BN4O7/c1-21(23,20(29)24-9-10-26(2,3)4)13-25-11-15(12-25)32-16-6-5-14-7-8-22(30,31)33-18(14)17(16)19(27)28/h5-6,15,30-31H,7-13,23H2,1-4H3,(H,24,29)(H,27,28)/t21-/m1/s1. The lowest BCUT2D eigenvalue weighted by Crippen LogP contribution is -2.64. The molecule has 6 N–H and O–H groups in total. The van der Waals surface area contributed by atoms with Gasteiger partial charge in [-0.3, -0.25) is 9.69 Å². The third-order valence-electron chi connectivity index (χ3n) is 5.87. The lowest BCUT2D eigenvalue weighted by molar-refractivity contribution is -0.869. The monoisotopic (exact) mass is 466 g/mol. The number of likely N-dealkylation sites (N-methyl/N-ethyl adjacent to an activating group) is 1. The molecule has 3 rings (SSSR count). The minimum atomic E-state index is -3.09. The van der Waals surface area contributed by atoms with Crippen LogP contribution in [0.3, 0.4) is 0 Å². The smallest absolute Gasteiger partial charge is 0.430 e. The van der Waals surface area contributed by atoms with Gasteiger partial charge >= 0.3 is 12.7 Å². The number of carbonyl (C=O) groups excluding carboxylic acids is 1. The molecule has 0 saturated carbocycles. The Morgan fingerprint density at radius 3 is 2.61 bits per heavy atom. The highest BCUT2D eigenvalue weighted by Gasteiger charge is 2.38. The molecular weight excluding hydrogens is 431 g/mol. The molecule has 2 aliphatic rings. The molecule has 2 heterocycles. The third kappa shape index (κ3) is 6.36. The number of benzene rings is 1. The van der Waals surface area contributed by atoms with Gasteiger partial charge in [0, 0.05) is 19.6 Å². The highest BCUT2D eigenvalue weighted by atomic mass is 16.6. The van der Waals surface area contributed by atoms with Crippen LogP contribution in [0.1, 0.15) is 22.8 Å². The van der Waals surface area contributed by atoms with Crippen LogP contribution in [0.15, 0.2) is 12.1 Å². The van der Waals surface area contributed by atoms with E-state index in [0.717, 1.165) is 11.0 Å². The number of hydrogen-bond acceptors (Lipinski definition) is 8. The van der Waals surface area contributed by atoms with Crippen molar-refractivity contribution in [2.75, 3.05) is 53.9 Å². The number of hydrogen-bond donors (Lipinski definition) is 5. The maximum Gasteiger partial charge on any atom is 0.430 e. The summed E-state index contributed by atoms with van der Waals surface area (Å²) in [6.07, 6.45) is 0.0108. The molecule has 12 heteroatoms. The number of amides is 1. The van der Waals surface area contributed by atoms with E-state index in [-0.39, 0.29) is 35.4 Å². The van der Waals surface area contributed by atoms with Crippen LogP contribution in [0.25, 0.3) is 0 Å². The Hall–Kier alpha value is -2.38. The molecule has 0 spiro atoms. The van der Waals surface area contributed by atoms with Gasteiger partial charge in [-0.05, 0) is 25.0 Å². The van der Waals surface area contributed by atoms with E-state index in [0.29, 0.717) is 38.2 Å². The van der Waals surface area contributed by atoms with Gasteiger partial charge in [-0.15, -0.1) is 0 Å². The van der Waals surface area contributed by atoms with Crippen molar-refractivity contribution >= 4 is 18.6 Å². The average Bonchev–Trinajstić information content (AvgIpc) is 2.63. The molecule has 33 heavy (non-hydrogen) atoms. The normalized spacial score (nSPS) is 20.1. The minimum Gasteiger partial charge on any atom is -0.669 e. The Kier molecular flexibility index (Phi) is 6.97. The first kappa shape index (κ1) is 25.3. The van der Waals surface area contributed by atoms with Gasteiger partial charge in [0.2, 0.25) is 5.91 Å². The number of ether oxygens (including phenoxy) is 1. The fourth-order valence-electron chi connectivity index (χ4n) is 3.98. The van der Waals surface area contributed by atoms with Crippen LogP contribution in [-0.2, 0) is 11.2 Å². The maximum absolute atomic E-state index is 12.5. The van der Waals surface area contributed by atoms with E-state index in [4.69, 9.17) is 15.1 Å². The highest BCUT2D eigenvalue weighted by molar-refractivity contribution is 6.59. The molecule has 1 fully saturated rings. The molecule has 0 aliphatic carbocycles. The SMILES string of the molecule is C[C@@](N)(CN1CC(Oc2ccc3c(c2C(=O)O)O[B-](O)(O)CC3)C1)C(=O)NCC[N+](C)(C)C. The van der Waals surface area contributed by atoms with Gasteiger partial charge in [0.25, 0.3) is 0 Å². The Morgan fingerprint density at radius 1 is 1.33 bits per heavy atom. The molecule has 1 aromatic rings. The number of nitrogens with two attached hydrogens (primary N) is 1. The molecule has 1 amide bonds. The number of aryl methyl sites for hydroxylation is 1. The minimum absolute atomic E-state index is 0.00458. The van der Waals surface area contributed by atoms with Gasteiger partial charge in [-0.25, -0.2) is 4.79 Å². The first-order chi connectivity index (χ1) is 15.2. The Balaban J connectivity index is 1.57. The van der Waals surface area contributed by atoms with Crippen molar-refractivity contribution in [2.45, 2.75) is 31.3 Å². The molecule has 0 unspecified atom stereocenters. The summed E-state index contributed by atoms with van der Waals surface area (Å²) >= 11 is 0. The summed E-state index contributed by atoms with van der Waals surface area (Å²) in [5.74, 6) is -1.45. The van der Waals surface area contributed by atoms with Gasteiger partial charge in [-0.2, -0.15) is 0 Å². The summed E-state index contributed by atoms with van der Waals surface area (Å²) in [7, 11) is 6.13. The van der Waals surface area contributed by atoms with Crippen molar-refractivity contribution in [3.8, 4) is 11.5 Å². The lowest BCUT2D eigenvalue weighted by Gasteiger charge is -2.43. The zero-order valence-corrected chi connectivity index (χ0v) is 19.7. The number of fused-ring (bicyclic) bond motifs is 1. The van der Waals surface area contributed by atoms with Crippen molar-refractivity contribution < 1.29 is 38.6 Å². The van der Waals surface area contributed by atoms with Crippen LogP contribution in [0.5, 0.6) is 11.5 Å². The molecule has 1 aromatic carbocycles. The van der Waals surface area contributed by atoms with Crippen LogP contribution in [0.2, 0.25) is 6.32 Å². The van der Waals surface area contributed by atoms with E-state index in [1.807, 2.05) is 26.0 Å². The summed E-state index contributed by atoms with van der Waals surface area (Å²) < 4.78 is 11.8. The second-order valence-electron chi connectivity index (χ2n) is 10.4. The number of quaternary nitrogens is 1. The zero-order valence-electron chi connectivity index (χ0n) is 19.7. The fourth-order valence-corrected chi connectivity index (χ4v) is 3.98. The topological polar surface area (TPSA) is 155 Å². The van der Waals surface area contributed by atoms with Crippen LogP contribution >= 0.6 is 0 Å². The molecule has 1 atom stereocenters. The van der Waals surface area contributed by atoms with Crippen LogP contribution in [-0.4, -0.2) is 109 Å². The first-order valence-corrected chi connectivity index (χ1v) is 11.1. The van der Waals surface area contributed by atoms with Gasteiger partial charge in [0.05, 0.1) is 40.0 Å². The van der Waals surface area contributed by atoms with Gasteiger partial charge in [0.1, 0.15) is 23.0 Å². The number of aromatic carboxylic acids is 1. The predicted octanol–water partition coefficient (Wildman–Crippen LogP) is -1.15. The molecule has 184 valence electrons. The number of nitrogens with zero attached hydrogens (tertiary/aromatic N) is 2. The largest absolute Gasteiger partial charge is 0.669 e. The second-order valence-corrected chi connectivity index (χ2v) is 10.4. The number of likely N-dealkylation sites (tertiary alicyclic amines) is 1. The van der Waals surface area contributed by atoms with E-state index in [1.165, 1.54) is 0 Å². The molecule has 0 bridgehead atoms. The van der Waals surface area contributed by atoms with E-state index in [9.17, 15) is 24.7 Å². The van der Waals surface area contributed by atoms with Crippen molar-refractivity contribution in [1.29, 1.82) is 0 Å². The summed E-state index contributed by atoms with van der Waals surface area (Å²) in [6, 6.07) is 3.24. The van der Waals surface area contributed by atoms with Gasteiger partial charge in [0.15, 0.2) is 0 Å². The third-order valence-corrected chi connectivity index (χ3v) is 5.87. The van der Waals surface area contributed by atoms with E-state index < -0.39 is 18.3 Å². The summed E-state index contributed by atoms with van der Waals surface area (Å²) in [5, 5.41) is 32.3. The first-order valence-electron chi connectivity index (χ1n) is 11.1. The molecule has 1 saturated heterocycles. The quantitative estimate of drug-likeness (QED) is 0.224. The lowest BCUT2D eigenvalue weighted by atomic mass is 9.70. The molecule has 2 aliphatic heterocycles. The van der Waals surface area contributed by atoms with Crippen molar-refractivity contribution in [2.24, 2.45) is 5.73 Å². The highest BCUT2D eigenvalue weighted by Crippen LogP contribution is 2.39. The number of carboxylic acid groups (broad SMARTS) is 1. The number of nitrogens with one attached hydrogen (secondary N) is 1. The number of rotatable bonds is 9.